The molecule has 18 nitrogen and oxygen atoms in total. The van der Waals surface area contributed by atoms with Gasteiger partial charge in [-0.15, -0.1) is 0 Å². The van der Waals surface area contributed by atoms with Crippen LogP contribution in [0.25, 0.3) is 0 Å². The summed E-state index contributed by atoms with van der Waals surface area (Å²) >= 11 is 31.3. The number of anilines is 6. The Labute approximate surface area is 741 Å². The van der Waals surface area contributed by atoms with Gasteiger partial charge in [0.25, 0.3) is 0 Å². The first kappa shape index (κ1) is 111. The Kier molecular flexibility index (Phi) is 47.0. The van der Waals surface area contributed by atoms with E-state index in [2.05, 4.69) is 262 Å². The van der Waals surface area contributed by atoms with Crippen molar-refractivity contribution < 1.29 is 0 Å². The SMILES string of the molecule is CCCN(C)CCN(C)c1c(C(C)(C)C)c(=S)c1=O.CCCN(CC)CCN(C)c1c(C(C)(C)C)c(=S)c1=O.CCCN(CCC)CCN(C)c1c(C(C)(C)C)c(=S)c1=O.CCCN(CCC)CCNc1c(C(C)(C)C)c(=S)c1=O.CCN(C)CCN(C)c1c(C(C)(C)C)c(=S)c1=O.CCN(CC)CCN(C)c1c(C(C)(C)C)c(=S)c1=O. The Bertz CT molecular complexity index is 4430. The van der Waals surface area contributed by atoms with Gasteiger partial charge in [0.1, 0.15) is 0 Å². The van der Waals surface area contributed by atoms with Crippen molar-refractivity contribution in [1.82, 2.24) is 29.4 Å². The quantitative estimate of drug-likeness (QED) is 0.0363. The lowest BCUT2D eigenvalue weighted by Gasteiger charge is -2.32. The first-order valence-corrected chi connectivity index (χ1v) is 46.0. The van der Waals surface area contributed by atoms with Gasteiger partial charge in [0, 0.05) is 147 Å². The van der Waals surface area contributed by atoms with Gasteiger partial charge >= 0.3 is 0 Å². The summed E-state index contributed by atoms with van der Waals surface area (Å²) in [6, 6.07) is 0. The fraction of sp³-hybridized carbons (Fsp3) is 0.742. The van der Waals surface area contributed by atoms with Crippen molar-refractivity contribution in [1.29, 1.82) is 0 Å². The van der Waals surface area contributed by atoms with Gasteiger partial charge in [-0.2, -0.15) is 0 Å². The molecule has 117 heavy (non-hydrogen) atoms. The van der Waals surface area contributed by atoms with Crippen LogP contribution >= 0.6 is 73.3 Å². The Balaban J connectivity index is 0.000000702. The highest BCUT2D eigenvalue weighted by Gasteiger charge is 2.35. The molecule has 0 heterocycles. The van der Waals surface area contributed by atoms with Gasteiger partial charge in [-0.3, -0.25) is 28.8 Å². The molecule has 0 atom stereocenters. The van der Waals surface area contributed by atoms with Gasteiger partial charge in [0.15, 0.2) is 0 Å². The van der Waals surface area contributed by atoms with Crippen LogP contribution in [0.4, 0.5) is 34.1 Å². The van der Waals surface area contributed by atoms with Gasteiger partial charge in [-0.25, -0.2) is 0 Å². The molecule has 1 N–H and O–H groups in total. The highest BCUT2D eigenvalue weighted by atomic mass is 32.1. The molecule has 6 aromatic rings. The van der Waals surface area contributed by atoms with Crippen LogP contribution in [0.2, 0.25) is 0 Å². The minimum absolute atomic E-state index is 0.0162. The molecule has 0 fully saturated rings. The molecule has 0 aliphatic rings. The van der Waals surface area contributed by atoms with E-state index in [1.807, 2.05) is 40.1 Å². The maximum absolute atomic E-state index is 12.1. The standard InChI is InChI=1S/C17H30N2OS.2C16H28N2OS.2C15H26N2OS.C14H24N2OS/c1-7-9-19(10-8-2)12-11-18(6)14-13(17(3,4)5)16(21)15(14)20;1-7-9-18(8-2)11-10-17(6)13-12(16(3,4)5)15(20)14(13)19;1-6-9-18(10-7-2)11-8-17-13-12(16(3,4)5)15(20)14(13)19;1-7-8-16(5)9-10-17(6)12-11(15(2,3)4)14(19)13(12)18;1-7-17(8-2)10-9-16(6)12-11(15(3,4)5)14(19)13(12)18;1-7-15(5)8-9-16(6)11-10(14(2,3)4)13(18)12(11)17/h7-12H2,1-6H3;7-11H2,1-6H3;17H,6-11H2,1-5H3;2*7-10H2,1-6H3;7-9H2,1-6H3. The molecule has 0 bridgehead atoms. The summed E-state index contributed by atoms with van der Waals surface area (Å²) in [4.78, 5) is 96.4. The van der Waals surface area contributed by atoms with Crippen molar-refractivity contribution in [3.05, 3.63) is 122 Å². The molecule has 0 radical (unpaired) electrons. The van der Waals surface area contributed by atoms with Gasteiger partial charge in [0.2, 0.25) is 32.6 Å². The third-order valence-electron chi connectivity index (χ3n) is 21.5. The average Bonchev–Trinajstić information content (AvgIpc) is 0.780. The van der Waals surface area contributed by atoms with E-state index in [0.717, 1.165) is 224 Å². The fourth-order valence-electron chi connectivity index (χ4n) is 14.8. The van der Waals surface area contributed by atoms with Crippen LogP contribution in [0.5, 0.6) is 0 Å². The first-order valence-electron chi connectivity index (χ1n) is 43.5. The average molecular weight is 1740 g/mol. The number of rotatable bonds is 40. The smallest absolute Gasteiger partial charge is 0.220 e. The van der Waals surface area contributed by atoms with E-state index in [-0.39, 0.29) is 65.1 Å². The number of nitrogens with one attached hydrogen (secondary N) is 1. The number of hydrogen-bond acceptors (Lipinski definition) is 24. The Morgan fingerprint density at radius 1 is 0.231 bits per heavy atom. The predicted octanol–water partition coefficient (Wildman–Crippen LogP) is 17.9. The highest BCUT2D eigenvalue weighted by molar-refractivity contribution is 7.72. The molecule has 0 saturated carbocycles. The van der Waals surface area contributed by atoms with Crippen LogP contribution in [0.15, 0.2) is 28.8 Å². The maximum Gasteiger partial charge on any atom is 0.220 e. The van der Waals surface area contributed by atoms with E-state index in [0.29, 0.717) is 27.1 Å². The number of likely N-dealkylation sites (N-methyl/N-ethyl adjacent to an activating group) is 9. The molecule has 24 heteroatoms. The Morgan fingerprint density at radius 2 is 0.444 bits per heavy atom. The lowest BCUT2D eigenvalue weighted by molar-refractivity contribution is 0.281. The molecule has 666 valence electrons. The van der Waals surface area contributed by atoms with Crippen molar-refractivity contribution >= 4 is 107 Å². The predicted molar refractivity (Wildman–Crippen MR) is 528 cm³/mol. The Morgan fingerprint density at radius 3 is 0.684 bits per heavy atom. The molecule has 0 aromatic heterocycles. The van der Waals surface area contributed by atoms with Crippen LogP contribution in [0.3, 0.4) is 0 Å². The molecule has 0 aliphatic carbocycles. The molecule has 0 amide bonds. The Hall–Kier alpha value is -4.44. The fourth-order valence-corrected chi connectivity index (χ4v) is 17.8. The summed E-state index contributed by atoms with van der Waals surface area (Å²) < 4.78 is 3.14. The monoisotopic (exact) mass is 1740 g/mol. The molecular formula is C93H162N12O6S6. The molecule has 0 aliphatic heterocycles. The first-order chi connectivity index (χ1) is 53.9. The summed E-state index contributed by atoms with van der Waals surface area (Å²) in [5, 5.41) is 3.30. The molecule has 0 unspecified atom stereocenters. The summed E-state index contributed by atoms with van der Waals surface area (Å²) in [7, 11) is 14.2. The zero-order valence-corrected chi connectivity index (χ0v) is 85.0. The molecule has 0 spiro atoms. The summed E-state index contributed by atoms with van der Waals surface area (Å²) in [6.45, 7) is 81.6. The second-order valence-corrected chi connectivity index (χ2v) is 40.6. The number of hydrogen-bond donors (Lipinski definition) is 1. The summed E-state index contributed by atoms with van der Waals surface area (Å²) in [5.41, 5.74) is 11.1. The van der Waals surface area contributed by atoms with Gasteiger partial charge in [-0.05, 0) is 151 Å². The van der Waals surface area contributed by atoms with Crippen LogP contribution < -0.4 is 62.4 Å². The normalized spacial score (nSPS) is 12.4. The number of nitrogens with zero attached hydrogens (tertiary/aromatic N) is 11. The van der Waals surface area contributed by atoms with E-state index in [1.54, 1.807) is 0 Å². The minimum Gasteiger partial charge on any atom is -0.380 e. The second kappa shape index (κ2) is 49.8. The minimum atomic E-state index is -0.0557. The third-order valence-corrected chi connectivity index (χ3v) is 23.9. The van der Waals surface area contributed by atoms with E-state index >= 15 is 0 Å². The molecule has 6 rings (SSSR count). The topological polar surface area (TPSA) is 150 Å². The van der Waals surface area contributed by atoms with Crippen LogP contribution in [0.1, 0.15) is 266 Å². The van der Waals surface area contributed by atoms with E-state index < -0.39 is 0 Å². The van der Waals surface area contributed by atoms with Crippen LogP contribution in [0, 0.1) is 27.1 Å². The van der Waals surface area contributed by atoms with Crippen LogP contribution in [-0.2, 0) is 32.5 Å². The van der Waals surface area contributed by atoms with Crippen molar-refractivity contribution in [2.75, 3.05) is 223 Å². The van der Waals surface area contributed by atoms with E-state index in [4.69, 9.17) is 73.3 Å². The largest absolute Gasteiger partial charge is 0.380 e. The van der Waals surface area contributed by atoms with Crippen LogP contribution in [-0.4, -0.2) is 223 Å². The zero-order valence-electron chi connectivity index (χ0n) is 80.1. The molecule has 0 saturated heterocycles. The lowest BCUT2D eigenvalue weighted by atomic mass is 9.82. The maximum atomic E-state index is 12.1. The highest BCUT2D eigenvalue weighted by Crippen LogP contribution is 2.38. The van der Waals surface area contributed by atoms with Crippen molar-refractivity contribution in [2.45, 2.75) is 265 Å². The zero-order chi connectivity index (χ0) is 90.7. The third kappa shape index (κ3) is 32.0. The molecule has 6 aromatic carbocycles. The van der Waals surface area contributed by atoms with E-state index in [1.165, 1.54) is 25.7 Å². The van der Waals surface area contributed by atoms with Crippen molar-refractivity contribution in [3.8, 4) is 0 Å². The van der Waals surface area contributed by atoms with Gasteiger partial charge in [0.05, 0.1) is 61.2 Å². The van der Waals surface area contributed by atoms with Gasteiger partial charge < -0.3 is 59.2 Å². The summed E-state index contributed by atoms with van der Waals surface area (Å²) in [5.74, 6) is 0. The van der Waals surface area contributed by atoms with Crippen molar-refractivity contribution in [3.63, 3.8) is 0 Å². The van der Waals surface area contributed by atoms with Gasteiger partial charge in [-0.1, -0.05) is 267 Å². The van der Waals surface area contributed by atoms with Crippen molar-refractivity contribution in [2.24, 2.45) is 0 Å². The lowest BCUT2D eigenvalue weighted by Crippen LogP contribution is -2.39. The van der Waals surface area contributed by atoms with E-state index in [9.17, 15) is 28.8 Å². The summed E-state index contributed by atoms with van der Waals surface area (Å²) in [6.07, 6.45) is 6.99. The molecular weight excluding hydrogens is 1570 g/mol. The second-order valence-electron chi connectivity index (χ2n) is 38.2.